The molecule has 0 bridgehead atoms. The number of fused-ring (bicyclic) bond motifs is 1. The Kier molecular flexibility index (Phi) is 4.72. The van der Waals surface area contributed by atoms with Crippen LogP contribution in [0.15, 0.2) is 36.0 Å². The number of nitrogens with one attached hydrogen (secondary N) is 1. The maximum absolute atomic E-state index is 13.4. The van der Waals surface area contributed by atoms with Crippen molar-refractivity contribution < 1.29 is 9.18 Å². The van der Waals surface area contributed by atoms with E-state index in [-0.39, 0.29) is 11.7 Å². The molecule has 0 saturated carbocycles. The summed E-state index contributed by atoms with van der Waals surface area (Å²) in [5.41, 5.74) is 3.29. The van der Waals surface area contributed by atoms with Crippen LogP contribution < -0.4 is 10.2 Å². The van der Waals surface area contributed by atoms with Crippen LogP contribution in [0.1, 0.15) is 0 Å². The van der Waals surface area contributed by atoms with E-state index < -0.39 is 0 Å². The van der Waals surface area contributed by atoms with Gasteiger partial charge in [0.05, 0.1) is 12.1 Å². The summed E-state index contributed by atoms with van der Waals surface area (Å²) in [6.07, 6.45) is 1.71. The van der Waals surface area contributed by atoms with Gasteiger partial charge in [-0.3, -0.25) is 20.0 Å². The molecule has 26 heavy (non-hydrogen) atoms. The van der Waals surface area contributed by atoms with E-state index in [0.717, 1.165) is 37.3 Å². The van der Waals surface area contributed by atoms with Crippen LogP contribution in [0.4, 0.5) is 15.2 Å². The van der Waals surface area contributed by atoms with Crippen LogP contribution in [0.3, 0.4) is 0 Å². The number of anilines is 2. The zero-order chi connectivity index (χ0) is 17.9. The van der Waals surface area contributed by atoms with Crippen molar-refractivity contribution in [2.75, 3.05) is 42.9 Å². The highest BCUT2D eigenvalue weighted by molar-refractivity contribution is 7.13. The second kappa shape index (κ2) is 7.30. The fourth-order valence-electron chi connectivity index (χ4n) is 3.12. The zero-order valence-corrected chi connectivity index (χ0v) is 14.7. The first-order valence-electron chi connectivity index (χ1n) is 8.26. The molecule has 1 amide bonds. The van der Waals surface area contributed by atoms with E-state index in [9.17, 15) is 9.18 Å². The quantitative estimate of drug-likeness (QED) is 0.755. The number of amides is 1. The van der Waals surface area contributed by atoms with Gasteiger partial charge < -0.3 is 4.90 Å². The summed E-state index contributed by atoms with van der Waals surface area (Å²) in [4.78, 5) is 20.7. The Morgan fingerprint density at radius 1 is 1.23 bits per heavy atom. The van der Waals surface area contributed by atoms with E-state index in [1.807, 2.05) is 6.07 Å². The number of piperazine rings is 1. The molecular formula is C17H17FN6OS. The molecular weight excluding hydrogens is 355 g/mol. The van der Waals surface area contributed by atoms with E-state index in [1.54, 1.807) is 17.8 Å². The zero-order valence-electron chi connectivity index (χ0n) is 13.9. The maximum Gasteiger partial charge on any atom is 0.240 e. The van der Waals surface area contributed by atoms with E-state index in [0.29, 0.717) is 17.2 Å². The van der Waals surface area contributed by atoms with Crippen LogP contribution in [-0.4, -0.2) is 58.7 Å². The summed E-state index contributed by atoms with van der Waals surface area (Å²) in [6.45, 7) is 3.46. The first-order chi connectivity index (χ1) is 12.7. The minimum Gasteiger partial charge on any atom is -0.368 e. The van der Waals surface area contributed by atoms with Gasteiger partial charge in [0.1, 0.15) is 11.3 Å². The number of benzene rings is 1. The fraction of sp³-hybridized carbons (Fsp3) is 0.294. The molecule has 4 rings (SSSR count). The van der Waals surface area contributed by atoms with Crippen LogP contribution in [0.5, 0.6) is 0 Å². The molecule has 1 N–H and O–H groups in total. The van der Waals surface area contributed by atoms with Gasteiger partial charge in [-0.15, -0.1) is 10.2 Å². The van der Waals surface area contributed by atoms with Gasteiger partial charge in [0.2, 0.25) is 11.0 Å². The molecule has 9 heteroatoms. The van der Waals surface area contributed by atoms with Crippen LogP contribution in [-0.2, 0) is 4.79 Å². The molecule has 0 atom stereocenters. The topological polar surface area (TPSA) is 74.2 Å². The third kappa shape index (κ3) is 3.63. The third-order valence-corrected chi connectivity index (χ3v) is 4.97. The highest BCUT2D eigenvalue weighted by atomic mass is 32.1. The molecule has 1 aliphatic heterocycles. The van der Waals surface area contributed by atoms with Crippen molar-refractivity contribution in [1.29, 1.82) is 0 Å². The molecule has 2 aromatic heterocycles. The molecule has 1 aliphatic rings. The first-order valence-corrected chi connectivity index (χ1v) is 9.14. The maximum atomic E-state index is 13.4. The average Bonchev–Trinajstić information content (AvgIpc) is 3.14. The fourth-order valence-corrected chi connectivity index (χ4v) is 3.58. The monoisotopic (exact) mass is 372 g/mol. The number of carbonyl (C=O) groups excluding carboxylic acids is 1. The summed E-state index contributed by atoms with van der Waals surface area (Å²) >= 11 is 1.30. The Balaban J connectivity index is 1.38. The second-order valence-corrected chi connectivity index (χ2v) is 6.88. The average molecular weight is 372 g/mol. The third-order valence-electron chi connectivity index (χ3n) is 4.37. The van der Waals surface area contributed by atoms with Crippen molar-refractivity contribution in [2.45, 2.75) is 0 Å². The lowest BCUT2D eigenvalue weighted by molar-refractivity contribution is -0.117. The van der Waals surface area contributed by atoms with Crippen LogP contribution in [0.2, 0.25) is 0 Å². The second-order valence-electron chi connectivity index (χ2n) is 6.05. The lowest BCUT2D eigenvalue weighted by atomic mass is 10.1. The number of hydrogen-bond acceptors (Lipinski definition) is 7. The van der Waals surface area contributed by atoms with Gasteiger partial charge in [0.15, 0.2) is 0 Å². The number of nitrogens with zero attached hydrogens (tertiary/aromatic N) is 5. The lowest BCUT2D eigenvalue weighted by Gasteiger charge is -2.36. The predicted molar refractivity (Wildman–Crippen MR) is 98.9 cm³/mol. The van der Waals surface area contributed by atoms with Gasteiger partial charge in [-0.25, -0.2) is 4.39 Å². The summed E-state index contributed by atoms with van der Waals surface area (Å²) in [5, 5.41) is 11.7. The van der Waals surface area contributed by atoms with Gasteiger partial charge >= 0.3 is 0 Å². The van der Waals surface area contributed by atoms with Crippen molar-refractivity contribution in [1.82, 2.24) is 20.1 Å². The minimum atomic E-state index is -0.284. The molecule has 1 fully saturated rings. The van der Waals surface area contributed by atoms with E-state index in [4.69, 9.17) is 0 Å². The number of hydrogen-bond donors (Lipinski definition) is 1. The molecule has 0 unspecified atom stereocenters. The van der Waals surface area contributed by atoms with Crippen LogP contribution in [0.25, 0.3) is 10.9 Å². The number of aromatic nitrogens is 3. The molecule has 0 radical (unpaired) electrons. The molecule has 0 spiro atoms. The van der Waals surface area contributed by atoms with Gasteiger partial charge in [-0.1, -0.05) is 11.3 Å². The molecule has 7 nitrogen and oxygen atoms in total. The van der Waals surface area contributed by atoms with Crippen LogP contribution in [0, 0.1) is 5.82 Å². The molecule has 1 aromatic carbocycles. The van der Waals surface area contributed by atoms with E-state index >= 15 is 0 Å². The molecule has 134 valence electrons. The van der Waals surface area contributed by atoms with Gasteiger partial charge in [0, 0.05) is 49.5 Å². The standard InChI is InChI=1S/C17H17FN6OS/c18-12-1-2-13-14(9-12)19-4-3-15(13)24-7-5-23(6-8-24)10-16(25)21-17-22-20-11-26-17/h1-4,9,11H,5-8,10H2,(H,21,22,25). The Bertz CT molecular complexity index is 911. The Morgan fingerprint density at radius 2 is 2.08 bits per heavy atom. The number of pyridine rings is 1. The highest BCUT2D eigenvalue weighted by Gasteiger charge is 2.21. The van der Waals surface area contributed by atoms with Crippen molar-refractivity contribution in [3.05, 3.63) is 41.8 Å². The molecule has 3 heterocycles. The Hall–Kier alpha value is -2.65. The summed E-state index contributed by atoms with van der Waals surface area (Å²) in [5.74, 6) is -0.367. The Labute approximate surface area is 153 Å². The number of rotatable bonds is 4. The van der Waals surface area contributed by atoms with Crippen molar-refractivity contribution >= 4 is 39.0 Å². The molecule has 3 aromatic rings. The van der Waals surface area contributed by atoms with Crippen molar-refractivity contribution in [3.8, 4) is 0 Å². The van der Waals surface area contributed by atoms with Crippen molar-refractivity contribution in [2.24, 2.45) is 0 Å². The number of halogens is 1. The molecule has 1 saturated heterocycles. The summed E-state index contributed by atoms with van der Waals surface area (Å²) in [6, 6.07) is 6.64. The largest absolute Gasteiger partial charge is 0.368 e. The van der Waals surface area contributed by atoms with Gasteiger partial charge in [-0.2, -0.15) is 0 Å². The predicted octanol–water partition coefficient (Wildman–Crippen LogP) is 1.99. The van der Waals surface area contributed by atoms with E-state index in [2.05, 4.69) is 30.3 Å². The Morgan fingerprint density at radius 3 is 2.85 bits per heavy atom. The lowest BCUT2D eigenvalue weighted by Crippen LogP contribution is -2.48. The summed E-state index contributed by atoms with van der Waals surface area (Å²) in [7, 11) is 0. The first kappa shape index (κ1) is 16.8. The SMILES string of the molecule is O=C(CN1CCN(c2ccnc3cc(F)ccc23)CC1)Nc1nncs1. The van der Waals surface area contributed by atoms with Gasteiger partial charge in [0.25, 0.3) is 0 Å². The van der Waals surface area contributed by atoms with Gasteiger partial charge in [-0.05, 0) is 18.2 Å². The smallest absolute Gasteiger partial charge is 0.240 e. The number of carbonyl (C=O) groups is 1. The summed E-state index contributed by atoms with van der Waals surface area (Å²) < 4.78 is 13.4. The highest BCUT2D eigenvalue weighted by Crippen LogP contribution is 2.26. The minimum absolute atomic E-state index is 0.0833. The van der Waals surface area contributed by atoms with Crippen molar-refractivity contribution in [3.63, 3.8) is 0 Å². The van der Waals surface area contributed by atoms with Crippen LogP contribution >= 0.6 is 11.3 Å². The normalized spacial score (nSPS) is 15.3. The molecule has 0 aliphatic carbocycles. The van der Waals surface area contributed by atoms with E-state index in [1.165, 1.54) is 23.5 Å².